The molecular formula is C24H26FN3OS. The van der Waals surface area contributed by atoms with Crippen molar-refractivity contribution in [3.05, 3.63) is 87.1 Å². The van der Waals surface area contributed by atoms with Crippen molar-refractivity contribution in [3.63, 3.8) is 0 Å². The number of carbonyl (C=O) groups excluding carboxylic acids is 1. The van der Waals surface area contributed by atoms with Crippen LogP contribution in [0.1, 0.15) is 44.3 Å². The van der Waals surface area contributed by atoms with E-state index in [4.69, 9.17) is 0 Å². The Labute approximate surface area is 180 Å². The first-order valence-electron chi connectivity index (χ1n) is 10.3. The Bertz CT molecular complexity index is 979. The van der Waals surface area contributed by atoms with E-state index in [1.807, 2.05) is 37.3 Å². The number of aryl methyl sites for hydroxylation is 1. The van der Waals surface area contributed by atoms with E-state index in [1.54, 1.807) is 0 Å². The fourth-order valence-corrected chi connectivity index (χ4v) is 4.85. The van der Waals surface area contributed by atoms with Crippen LogP contribution in [0, 0.1) is 12.7 Å². The average Bonchev–Trinajstić information content (AvgIpc) is 3.12. The van der Waals surface area contributed by atoms with Gasteiger partial charge in [-0.2, -0.15) is 0 Å². The highest BCUT2D eigenvalue weighted by atomic mass is 32.1. The molecule has 0 bridgehead atoms. The summed E-state index contributed by atoms with van der Waals surface area (Å²) in [7, 11) is 0. The standard InChI is InChI=1S/C24H26FN3OS/c1-17-23(30-22(26-17)15-18-5-3-2-4-6-18)24(29)27-21-11-13-28(14-12-21)16-19-7-9-20(25)10-8-19/h2-10,21H,11-16H2,1H3,(H,27,29). The van der Waals surface area contributed by atoms with Gasteiger partial charge in [0.1, 0.15) is 10.7 Å². The molecule has 3 aromatic rings. The number of hydrogen-bond donors (Lipinski definition) is 1. The number of hydrogen-bond acceptors (Lipinski definition) is 4. The Balaban J connectivity index is 1.29. The predicted molar refractivity (Wildman–Crippen MR) is 118 cm³/mol. The highest BCUT2D eigenvalue weighted by Crippen LogP contribution is 2.22. The van der Waals surface area contributed by atoms with Crippen LogP contribution in [-0.4, -0.2) is 34.9 Å². The van der Waals surface area contributed by atoms with Gasteiger partial charge in [0.05, 0.1) is 10.7 Å². The molecule has 0 unspecified atom stereocenters. The quantitative estimate of drug-likeness (QED) is 0.631. The summed E-state index contributed by atoms with van der Waals surface area (Å²) in [5, 5.41) is 4.17. The second-order valence-electron chi connectivity index (χ2n) is 7.83. The van der Waals surface area contributed by atoms with Crippen LogP contribution in [0.4, 0.5) is 4.39 Å². The summed E-state index contributed by atoms with van der Waals surface area (Å²) in [5.74, 6) is -0.216. The number of piperidine rings is 1. The fraction of sp³-hybridized carbons (Fsp3) is 0.333. The number of rotatable bonds is 6. The van der Waals surface area contributed by atoms with E-state index in [-0.39, 0.29) is 17.8 Å². The smallest absolute Gasteiger partial charge is 0.263 e. The highest BCUT2D eigenvalue weighted by Gasteiger charge is 2.23. The first kappa shape index (κ1) is 20.7. The van der Waals surface area contributed by atoms with E-state index in [0.29, 0.717) is 0 Å². The molecule has 1 aromatic heterocycles. The zero-order valence-electron chi connectivity index (χ0n) is 17.1. The van der Waals surface area contributed by atoms with Crippen molar-refractivity contribution in [1.82, 2.24) is 15.2 Å². The Morgan fingerprint density at radius 3 is 2.50 bits per heavy atom. The second kappa shape index (κ2) is 9.49. The monoisotopic (exact) mass is 423 g/mol. The van der Waals surface area contributed by atoms with Crippen LogP contribution >= 0.6 is 11.3 Å². The SMILES string of the molecule is Cc1nc(Cc2ccccc2)sc1C(=O)NC1CCN(Cc2ccc(F)cc2)CC1. The van der Waals surface area contributed by atoms with Gasteiger partial charge in [0, 0.05) is 32.1 Å². The van der Waals surface area contributed by atoms with Crippen molar-refractivity contribution in [2.75, 3.05) is 13.1 Å². The van der Waals surface area contributed by atoms with E-state index in [1.165, 1.54) is 29.0 Å². The first-order chi connectivity index (χ1) is 14.6. The molecule has 2 heterocycles. The molecular weight excluding hydrogens is 397 g/mol. The molecule has 30 heavy (non-hydrogen) atoms. The number of carbonyl (C=O) groups is 1. The number of amides is 1. The molecule has 0 aliphatic carbocycles. The number of benzene rings is 2. The van der Waals surface area contributed by atoms with Crippen molar-refractivity contribution in [1.29, 1.82) is 0 Å². The lowest BCUT2D eigenvalue weighted by atomic mass is 10.0. The normalized spacial score (nSPS) is 15.3. The van der Waals surface area contributed by atoms with Gasteiger partial charge in [-0.3, -0.25) is 9.69 Å². The molecule has 1 aliphatic heterocycles. The summed E-state index contributed by atoms with van der Waals surface area (Å²) < 4.78 is 13.1. The topological polar surface area (TPSA) is 45.2 Å². The second-order valence-corrected chi connectivity index (χ2v) is 8.92. The van der Waals surface area contributed by atoms with E-state index in [0.717, 1.165) is 60.0 Å². The summed E-state index contributed by atoms with van der Waals surface area (Å²) in [6.07, 6.45) is 2.59. The van der Waals surface area contributed by atoms with Gasteiger partial charge < -0.3 is 5.32 Å². The summed E-state index contributed by atoms with van der Waals surface area (Å²) in [6.45, 7) is 4.56. The van der Waals surface area contributed by atoms with Gasteiger partial charge in [0.25, 0.3) is 5.91 Å². The molecule has 0 radical (unpaired) electrons. The zero-order chi connectivity index (χ0) is 20.9. The third kappa shape index (κ3) is 5.32. The molecule has 0 saturated carbocycles. The predicted octanol–water partition coefficient (Wildman–Crippen LogP) is 4.58. The maximum atomic E-state index is 13.1. The van der Waals surface area contributed by atoms with Gasteiger partial charge in [-0.05, 0) is 43.0 Å². The molecule has 0 atom stereocenters. The maximum absolute atomic E-state index is 13.1. The minimum Gasteiger partial charge on any atom is -0.348 e. The molecule has 4 nitrogen and oxygen atoms in total. The third-order valence-corrected chi connectivity index (χ3v) is 6.64. The lowest BCUT2D eigenvalue weighted by molar-refractivity contribution is 0.0912. The Hall–Kier alpha value is -2.57. The van der Waals surface area contributed by atoms with Crippen molar-refractivity contribution in [3.8, 4) is 0 Å². The number of likely N-dealkylation sites (tertiary alicyclic amines) is 1. The molecule has 0 spiro atoms. The average molecular weight is 424 g/mol. The van der Waals surface area contributed by atoms with Gasteiger partial charge in [0.2, 0.25) is 0 Å². The molecule has 4 rings (SSSR count). The largest absolute Gasteiger partial charge is 0.348 e. The van der Waals surface area contributed by atoms with Gasteiger partial charge in [-0.15, -0.1) is 11.3 Å². The summed E-state index contributed by atoms with van der Waals surface area (Å²) >= 11 is 1.49. The lowest BCUT2D eigenvalue weighted by Crippen LogP contribution is -2.44. The van der Waals surface area contributed by atoms with Crippen molar-refractivity contribution in [2.24, 2.45) is 0 Å². The van der Waals surface area contributed by atoms with Crippen LogP contribution < -0.4 is 5.32 Å². The molecule has 1 saturated heterocycles. The minimum absolute atomic E-state index is 0.0127. The zero-order valence-corrected chi connectivity index (χ0v) is 17.9. The Kier molecular flexibility index (Phi) is 6.55. The summed E-state index contributed by atoms with van der Waals surface area (Å²) in [4.78, 5) is 20.5. The maximum Gasteiger partial charge on any atom is 0.263 e. The van der Waals surface area contributed by atoms with E-state index in [2.05, 4.69) is 27.3 Å². The van der Waals surface area contributed by atoms with Crippen molar-refractivity contribution >= 4 is 17.2 Å². The molecule has 2 aromatic carbocycles. The van der Waals surface area contributed by atoms with Crippen LogP contribution in [0.15, 0.2) is 54.6 Å². The van der Waals surface area contributed by atoms with Crippen LogP contribution in [0.25, 0.3) is 0 Å². The Morgan fingerprint density at radius 2 is 1.80 bits per heavy atom. The number of aromatic nitrogens is 1. The third-order valence-electron chi connectivity index (χ3n) is 5.49. The summed E-state index contributed by atoms with van der Waals surface area (Å²) in [6, 6.07) is 17.1. The number of thiazole rings is 1. The molecule has 1 N–H and O–H groups in total. The van der Waals surface area contributed by atoms with Gasteiger partial charge >= 0.3 is 0 Å². The van der Waals surface area contributed by atoms with Crippen molar-refractivity contribution in [2.45, 2.75) is 38.8 Å². The number of halogens is 1. The first-order valence-corrected chi connectivity index (χ1v) is 11.2. The van der Waals surface area contributed by atoms with Crippen molar-refractivity contribution < 1.29 is 9.18 Å². The number of nitrogens with one attached hydrogen (secondary N) is 1. The van der Waals surface area contributed by atoms with Crippen LogP contribution in [-0.2, 0) is 13.0 Å². The van der Waals surface area contributed by atoms with Gasteiger partial charge in [-0.1, -0.05) is 42.5 Å². The van der Waals surface area contributed by atoms with E-state index >= 15 is 0 Å². The number of nitrogens with zero attached hydrogens (tertiary/aromatic N) is 2. The van der Waals surface area contributed by atoms with Crippen LogP contribution in [0.3, 0.4) is 0 Å². The molecule has 1 fully saturated rings. The molecule has 1 amide bonds. The van der Waals surface area contributed by atoms with E-state index < -0.39 is 0 Å². The van der Waals surface area contributed by atoms with Gasteiger partial charge in [0.15, 0.2) is 0 Å². The molecule has 1 aliphatic rings. The minimum atomic E-state index is -0.203. The van der Waals surface area contributed by atoms with Gasteiger partial charge in [-0.25, -0.2) is 9.37 Å². The summed E-state index contributed by atoms with van der Waals surface area (Å²) in [5.41, 5.74) is 3.12. The Morgan fingerprint density at radius 1 is 1.10 bits per heavy atom. The lowest BCUT2D eigenvalue weighted by Gasteiger charge is -2.32. The van der Waals surface area contributed by atoms with Crippen LogP contribution in [0.5, 0.6) is 0 Å². The molecule has 6 heteroatoms. The fourth-order valence-electron chi connectivity index (χ4n) is 3.84. The highest BCUT2D eigenvalue weighted by molar-refractivity contribution is 7.13. The van der Waals surface area contributed by atoms with Crippen LogP contribution in [0.2, 0.25) is 0 Å². The van der Waals surface area contributed by atoms with E-state index in [9.17, 15) is 9.18 Å². The molecule has 156 valence electrons.